The van der Waals surface area contributed by atoms with Gasteiger partial charge in [-0.15, -0.1) is 23.9 Å². The van der Waals surface area contributed by atoms with Crippen LogP contribution in [0, 0.1) is 23.9 Å². The Hall–Kier alpha value is -5.65. The number of hydrogen-bond acceptors (Lipinski definition) is 0. The molecule has 46 heavy (non-hydrogen) atoms. The molecule has 0 aliphatic heterocycles. The fraction of sp³-hybridized carbons (Fsp3) is 0. The molecule has 0 saturated carbocycles. The second-order valence-corrected chi connectivity index (χ2v) is 22.1. The highest BCUT2D eigenvalue weighted by atomic mass is 29.3. The van der Waals surface area contributed by atoms with Crippen LogP contribution in [-0.4, -0.2) is 15.2 Å². The zero-order valence-electron chi connectivity index (χ0n) is 25.3. The molecule has 0 bridgehead atoms. The Balaban J connectivity index is 1.70. The minimum absolute atomic E-state index is 1.17. The lowest BCUT2D eigenvalue weighted by molar-refractivity contribution is 1.74. The summed E-state index contributed by atoms with van der Waals surface area (Å²) in [5.74, 6) is 0. The molecule has 2 heteroatoms. The molecule has 8 aromatic rings. The number of benzene rings is 8. The zero-order chi connectivity index (χ0) is 31.1. The maximum atomic E-state index is 7.23. The van der Waals surface area contributed by atoms with E-state index in [-0.39, 0.29) is 0 Å². The first-order valence-corrected chi connectivity index (χ1v) is 20.6. The second kappa shape index (κ2) is 11.1. The molecule has 0 unspecified atom stereocenters. The summed E-state index contributed by atoms with van der Waals surface area (Å²) in [6, 6.07) is 61.1. The lowest BCUT2D eigenvalue weighted by atomic mass is 10.1. The molecule has 0 radical (unpaired) electrons. The molecule has 0 fully saturated rings. The molecule has 0 aliphatic rings. The molecule has 0 amide bonds. The summed E-state index contributed by atoms with van der Waals surface area (Å²) in [4.78, 5) is 0. The highest BCUT2D eigenvalue weighted by Crippen LogP contribution is 2.30. The second-order valence-electron chi connectivity index (χ2n) is 11.9. The molecule has 214 valence electrons. The van der Waals surface area contributed by atoms with E-state index in [2.05, 4.69) is 181 Å². The van der Waals surface area contributed by atoms with Crippen molar-refractivity contribution in [2.75, 3.05) is 0 Å². The molecule has 0 nitrogen and oxygen atoms in total. The first-order valence-electron chi connectivity index (χ1n) is 15.6. The summed E-state index contributed by atoms with van der Waals surface area (Å²) < 4.78 is 0. The predicted octanol–water partition coefficient (Wildman–Crippen LogP) is 7.55. The van der Waals surface area contributed by atoms with E-state index in [1.54, 1.807) is 0 Å². The smallest absolute Gasteiger partial charge is 0.127 e. The summed E-state index contributed by atoms with van der Waals surface area (Å²) in [6.45, 7) is 0. The van der Waals surface area contributed by atoms with E-state index >= 15 is 0 Å². The van der Waals surface area contributed by atoms with Gasteiger partial charge in [0.05, 0.1) is 0 Å². The monoisotopic (exact) mass is 614 g/mol. The minimum atomic E-state index is -3.42. The van der Waals surface area contributed by atoms with Crippen molar-refractivity contribution < 1.29 is 0 Å². The quantitative estimate of drug-likeness (QED) is 0.139. The van der Waals surface area contributed by atoms with Gasteiger partial charge in [0.25, 0.3) is 0 Å². The van der Waals surface area contributed by atoms with E-state index in [4.69, 9.17) is 12.8 Å². The van der Waals surface area contributed by atoms with Gasteiger partial charge in [-0.1, -0.05) is 170 Å². The lowest BCUT2D eigenvalue weighted by Crippen LogP contribution is -2.85. The number of terminal acetylenes is 2. The van der Waals surface area contributed by atoms with Crippen molar-refractivity contribution in [2.45, 2.75) is 0 Å². The Labute approximate surface area is 271 Å². The van der Waals surface area contributed by atoms with Crippen molar-refractivity contribution in [3.63, 3.8) is 0 Å². The topological polar surface area (TPSA) is 0 Å². The van der Waals surface area contributed by atoms with Crippen molar-refractivity contribution in [3.8, 4) is 23.9 Å². The van der Waals surface area contributed by atoms with Crippen LogP contribution in [0.2, 0.25) is 0 Å². The number of rotatable bonds is 5. The van der Waals surface area contributed by atoms with Crippen LogP contribution in [0.3, 0.4) is 0 Å². The predicted molar refractivity (Wildman–Crippen MR) is 204 cm³/mol. The largest absolute Gasteiger partial charge is 0.214 e. The van der Waals surface area contributed by atoms with Crippen LogP contribution in [0.15, 0.2) is 170 Å². The molecule has 8 rings (SSSR count). The van der Waals surface area contributed by atoms with Crippen LogP contribution in [0.5, 0.6) is 0 Å². The van der Waals surface area contributed by atoms with Crippen LogP contribution in [0.4, 0.5) is 0 Å². The highest BCUT2D eigenvalue weighted by molar-refractivity contribution is 7.65. The third-order valence-electron chi connectivity index (χ3n) is 9.77. The molecular weight excluding hydrogens is 585 g/mol. The van der Waals surface area contributed by atoms with E-state index < -0.39 is 15.2 Å². The summed E-state index contributed by atoms with van der Waals surface area (Å²) in [7, 11) is -6.83. The van der Waals surface area contributed by atoms with Crippen LogP contribution in [0.1, 0.15) is 0 Å². The van der Waals surface area contributed by atoms with E-state index in [9.17, 15) is 0 Å². The molecule has 8 aromatic carbocycles. The van der Waals surface area contributed by atoms with Crippen molar-refractivity contribution in [1.29, 1.82) is 0 Å². The van der Waals surface area contributed by atoms with E-state index in [0.29, 0.717) is 0 Å². The van der Waals surface area contributed by atoms with Gasteiger partial charge in [-0.2, -0.15) is 0 Å². The Kier molecular flexibility index (Phi) is 6.70. The van der Waals surface area contributed by atoms with Crippen molar-refractivity contribution >= 4 is 79.0 Å². The van der Waals surface area contributed by atoms with Crippen LogP contribution >= 0.6 is 0 Å². The summed E-state index contributed by atoms with van der Waals surface area (Å²) >= 11 is 0. The Bertz CT molecular complexity index is 2170. The standard InChI is InChI=1S/C44H30Si2/c1-3-45(41-29-13-21-33-17-5-9-25-37(33)41,42-30-14-22-34-18-6-10-26-38(34)42)46(4-2,43-31-15-23-35-19-7-11-27-39(35)43)44-32-16-24-36-20-8-12-28-40(36)44/h1-2,5-32H. The maximum Gasteiger partial charge on any atom is 0.214 e. The van der Waals surface area contributed by atoms with Crippen LogP contribution in [0.25, 0.3) is 43.1 Å². The van der Waals surface area contributed by atoms with Gasteiger partial charge < -0.3 is 0 Å². The Morgan fingerprint density at radius 2 is 0.500 bits per heavy atom. The first-order chi connectivity index (χ1) is 22.7. The molecule has 0 N–H and O–H groups in total. The van der Waals surface area contributed by atoms with Gasteiger partial charge in [0.15, 0.2) is 0 Å². The average Bonchev–Trinajstić information content (AvgIpc) is 3.13. The lowest BCUT2D eigenvalue weighted by Gasteiger charge is -2.44. The van der Waals surface area contributed by atoms with Gasteiger partial charge in [0, 0.05) is 0 Å². The van der Waals surface area contributed by atoms with Gasteiger partial charge in [0.1, 0.15) is 0 Å². The van der Waals surface area contributed by atoms with Gasteiger partial charge >= 0.3 is 0 Å². The first kappa shape index (κ1) is 27.9. The Morgan fingerprint density at radius 3 is 0.739 bits per heavy atom. The maximum absolute atomic E-state index is 7.23. The van der Waals surface area contributed by atoms with Gasteiger partial charge in [-0.3, -0.25) is 0 Å². The van der Waals surface area contributed by atoms with Gasteiger partial charge in [0.2, 0.25) is 15.2 Å². The van der Waals surface area contributed by atoms with Gasteiger partial charge in [-0.05, 0) is 63.8 Å². The van der Waals surface area contributed by atoms with Crippen molar-refractivity contribution in [1.82, 2.24) is 0 Å². The molecule has 0 aliphatic carbocycles. The van der Waals surface area contributed by atoms with Crippen LogP contribution < -0.4 is 20.7 Å². The summed E-state index contributed by atoms with van der Waals surface area (Å²) in [6.07, 6.45) is 14.5. The number of fused-ring (bicyclic) bond motifs is 4. The Morgan fingerprint density at radius 1 is 0.283 bits per heavy atom. The molecule has 0 atom stereocenters. The normalized spacial score (nSPS) is 11.9. The summed E-state index contributed by atoms with van der Waals surface area (Å²) in [5.41, 5.74) is 7.42. The zero-order valence-corrected chi connectivity index (χ0v) is 27.3. The minimum Gasteiger partial charge on any atom is -0.127 e. The molecule has 0 spiro atoms. The van der Waals surface area contributed by atoms with Crippen molar-refractivity contribution in [2.24, 2.45) is 0 Å². The van der Waals surface area contributed by atoms with E-state index in [1.165, 1.54) is 63.8 Å². The molecule has 0 saturated heterocycles. The van der Waals surface area contributed by atoms with Gasteiger partial charge in [-0.25, -0.2) is 0 Å². The number of hydrogen-bond donors (Lipinski definition) is 0. The average molecular weight is 615 g/mol. The summed E-state index contributed by atoms with van der Waals surface area (Å²) in [5, 5.41) is 14.2. The van der Waals surface area contributed by atoms with E-state index in [0.717, 1.165) is 0 Å². The highest BCUT2D eigenvalue weighted by Gasteiger charge is 2.61. The third-order valence-corrected chi connectivity index (χ3v) is 24.2. The molecule has 0 aromatic heterocycles. The van der Waals surface area contributed by atoms with E-state index in [1.807, 2.05) is 0 Å². The third kappa shape index (κ3) is 3.89. The SMILES string of the molecule is C#C[Si](c1cccc2ccccc12)(c1cccc2ccccc12)[Si](C#C)(c1cccc2ccccc12)c1cccc2ccccc12. The molecular formula is C44H30Si2. The van der Waals surface area contributed by atoms with Crippen LogP contribution in [-0.2, 0) is 0 Å². The van der Waals surface area contributed by atoms with Crippen molar-refractivity contribution in [3.05, 3.63) is 170 Å². The fourth-order valence-corrected chi connectivity index (χ4v) is 23.8. The fourth-order valence-electron chi connectivity index (χ4n) is 7.84. The molecule has 0 heterocycles.